The summed E-state index contributed by atoms with van der Waals surface area (Å²) in [7, 11) is 0. The number of anilines is 1. The molecule has 1 aromatic rings. The number of carbonyl (C=O) groups excluding carboxylic acids is 2. The first kappa shape index (κ1) is 11.3. The van der Waals surface area contributed by atoms with Crippen molar-refractivity contribution in [1.82, 2.24) is 10.4 Å². The summed E-state index contributed by atoms with van der Waals surface area (Å²) in [6.45, 7) is 1.91. The van der Waals surface area contributed by atoms with Crippen molar-refractivity contribution in [3.63, 3.8) is 0 Å². The van der Waals surface area contributed by atoms with Crippen LogP contribution in [0.4, 0.5) is 5.82 Å². The lowest BCUT2D eigenvalue weighted by Crippen LogP contribution is -2.32. The van der Waals surface area contributed by atoms with Crippen LogP contribution < -0.4 is 10.7 Å². The van der Waals surface area contributed by atoms with E-state index in [0.717, 1.165) is 5.56 Å². The van der Waals surface area contributed by atoms with Crippen molar-refractivity contribution in [3.05, 3.63) is 23.9 Å². The molecule has 1 aliphatic heterocycles. The summed E-state index contributed by atoms with van der Waals surface area (Å²) < 4.78 is 0. The number of nitrogens with one attached hydrogen (secondary N) is 2. The molecule has 0 unspecified atom stereocenters. The number of hydrogen-bond donors (Lipinski definition) is 2. The maximum atomic E-state index is 11.8. The van der Waals surface area contributed by atoms with Gasteiger partial charge in [-0.3, -0.25) is 9.59 Å². The van der Waals surface area contributed by atoms with Gasteiger partial charge in [0.05, 0.1) is 0 Å². The third-order valence-corrected chi connectivity index (χ3v) is 2.32. The zero-order valence-corrected chi connectivity index (χ0v) is 9.36. The summed E-state index contributed by atoms with van der Waals surface area (Å²) in [5.74, 6) is -0.0204. The molecule has 0 aliphatic carbocycles. The van der Waals surface area contributed by atoms with Gasteiger partial charge in [0, 0.05) is 19.0 Å². The third-order valence-electron chi connectivity index (χ3n) is 2.32. The summed E-state index contributed by atoms with van der Waals surface area (Å²) in [6.07, 6.45) is 2.26. The second-order valence-electron chi connectivity index (χ2n) is 3.77. The highest BCUT2D eigenvalue weighted by atomic mass is 16.2. The lowest BCUT2D eigenvalue weighted by molar-refractivity contribution is -0.121. The molecule has 0 saturated heterocycles. The lowest BCUT2D eigenvalue weighted by atomic mass is 10.1. The Morgan fingerprint density at radius 1 is 1.47 bits per heavy atom. The van der Waals surface area contributed by atoms with E-state index in [1.165, 1.54) is 0 Å². The van der Waals surface area contributed by atoms with E-state index >= 15 is 0 Å². The smallest absolute Gasteiger partial charge is 0.273 e. The summed E-state index contributed by atoms with van der Waals surface area (Å²) in [4.78, 5) is 26.6. The van der Waals surface area contributed by atoms with Gasteiger partial charge in [0.15, 0.2) is 0 Å². The second kappa shape index (κ2) is 4.73. The molecule has 0 aromatic carbocycles. The van der Waals surface area contributed by atoms with E-state index in [1.54, 1.807) is 12.3 Å². The van der Waals surface area contributed by atoms with E-state index in [-0.39, 0.29) is 18.2 Å². The van der Waals surface area contributed by atoms with Crippen molar-refractivity contribution in [2.45, 2.75) is 19.8 Å². The van der Waals surface area contributed by atoms with Crippen LogP contribution in [0.15, 0.2) is 23.4 Å². The highest BCUT2D eigenvalue weighted by Gasteiger charge is 2.18. The first-order chi connectivity index (χ1) is 8.15. The van der Waals surface area contributed by atoms with Crippen LogP contribution in [0.1, 0.15) is 18.4 Å². The van der Waals surface area contributed by atoms with E-state index in [2.05, 4.69) is 20.8 Å². The molecule has 0 spiro atoms. The number of hydrazone groups is 1. The van der Waals surface area contributed by atoms with Crippen LogP contribution in [0.5, 0.6) is 0 Å². The van der Waals surface area contributed by atoms with Gasteiger partial charge in [0.2, 0.25) is 5.91 Å². The number of hydrogen-bond acceptors (Lipinski definition) is 4. The van der Waals surface area contributed by atoms with Crippen molar-refractivity contribution in [3.8, 4) is 0 Å². The van der Waals surface area contributed by atoms with E-state index in [0.29, 0.717) is 18.0 Å². The van der Waals surface area contributed by atoms with Crippen molar-refractivity contribution in [2.75, 3.05) is 5.32 Å². The summed E-state index contributed by atoms with van der Waals surface area (Å²) in [6, 6.07) is 3.61. The Balaban J connectivity index is 2.04. The third kappa shape index (κ3) is 2.87. The Bertz CT molecular complexity index is 496. The summed E-state index contributed by atoms with van der Waals surface area (Å²) in [5.41, 5.74) is 3.60. The molecule has 0 saturated carbocycles. The van der Waals surface area contributed by atoms with Gasteiger partial charge in [0.25, 0.3) is 5.91 Å². The molecule has 0 fully saturated rings. The number of aromatic nitrogens is 1. The highest BCUT2D eigenvalue weighted by Crippen LogP contribution is 2.07. The number of amides is 2. The first-order valence-electron chi connectivity index (χ1n) is 5.24. The van der Waals surface area contributed by atoms with Crippen LogP contribution in [-0.4, -0.2) is 22.5 Å². The van der Waals surface area contributed by atoms with E-state index in [9.17, 15) is 9.59 Å². The van der Waals surface area contributed by atoms with Crippen molar-refractivity contribution < 1.29 is 9.59 Å². The molecule has 6 heteroatoms. The molecule has 2 rings (SSSR count). The fourth-order valence-electron chi connectivity index (χ4n) is 1.43. The molecule has 17 heavy (non-hydrogen) atoms. The van der Waals surface area contributed by atoms with Gasteiger partial charge in [0.1, 0.15) is 11.5 Å². The minimum absolute atomic E-state index is 0.171. The number of aryl methyl sites for hydroxylation is 1. The van der Waals surface area contributed by atoms with Crippen LogP contribution in [0.2, 0.25) is 0 Å². The average Bonchev–Trinajstić information content (AvgIpc) is 2.29. The molecule has 0 radical (unpaired) electrons. The van der Waals surface area contributed by atoms with Crippen LogP contribution >= 0.6 is 0 Å². The molecule has 6 nitrogen and oxygen atoms in total. The predicted molar refractivity (Wildman–Crippen MR) is 62.4 cm³/mol. The van der Waals surface area contributed by atoms with Gasteiger partial charge in [-0.25, -0.2) is 10.4 Å². The highest BCUT2D eigenvalue weighted by molar-refractivity contribution is 6.43. The van der Waals surface area contributed by atoms with E-state index < -0.39 is 0 Å². The van der Waals surface area contributed by atoms with Gasteiger partial charge in [-0.15, -0.1) is 0 Å². The van der Waals surface area contributed by atoms with Crippen LogP contribution in [0.3, 0.4) is 0 Å². The van der Waals surface area contributed by atoms with Crippen molar-refractivity contribution >= 4 is 23.3 Å². The Kier molecular flexibility index (Phi) is 3.13. The topological polar surface area (TPSA) is 83.4 Å². The molecule has 88 valence electrons. The second-order valence-corrected chi connectivity index (χ2v) is 3.77. The fraction of sp³-hybridized carbons (Fsp3) is 0.273. The Morgan fingerprint density at radius 3 is 2.94 bits per heavy atom. The quantitative estimate of drug-likeness (QED) is 0.783. The standard InChI is InChI=1S/C11H12N4O2/c1-7-4-5-12-9(6-7)13-11(17)8-2-3-10(16)15-14-8/h4-6H,2-3H2,1H3,(H,15,16)(H,12,13,17). The van der Waals surface area contributed by atoms with Gasteiger partial charge in [-0.05, 0) is 24.6 Å². The molecule has 1 aromatic heterocycles. The predicted octanol–water partition coefficient (Wildman–Crippen LogP) is 0.595. The molecule has 2 heterocycles. The monoisotopic (exact) mass is 232 g/mol. The maximum Gasteiger partial charge on any atom is 0.273 e. The molecule has 2 amide bonds. The van der Waals surface area contributed by atoms with E-state index in [4.69, 9.17) is 0 Å². The van der Waals surface area contributed by atoms with Crippen LogP contribution in [0.25, 0.3) is 0 Å². The maximum absolute atomic E-state index is 11.8. The first-order valence-corrected chi connectivity index (χ1v) is 5.24. The van der Waals surface area contributed by atoms with Gasteiger partial charge in [-0.2, -0.15) is 5.10 Å². The summed E-state index contributed by atoms with van der Waals surface area (Å²) >= 11 is 0. The van der Waals surface area contributed by atoms with Crippen LogP contribution in [-0.2, 0) is 9.59 Å². The largest absolute Gasteiger partial charge is 0.305 e. The minimum Gasteiger partial charge on any atom is -0.305 e. The Hall–Kier alpha value is -2.24. The van der Waals surface area contributed by atoms with Gasteiger partial charge in [-0.1, -0.05) is 0 Å². The fourth-order valence-corrected chi connectivity index (χ4v) is 1.43. The molecular formula is C11H12N4O2. The van der Waals surface area contributed by atoms with E-state index in [1.807, 2.05) is 13.0 Å². The summed E-state index contributed by atoms with van der Waals surface area (Å²) in [5, 5.41) is 6.34. The number of nitrogens with zero attached hydrogens (tertiary/aromatic N) is 2. The number of pyridine rings is 1. The molecule has 0 atom stereocenters. The molecule has 1 aliphatic rings. The lowest BCUT2D eigenvalue weighted by Gasteiger charge is -2.11. The Morgan fingerprint density at radius 2 is 2.29 bits per heavy atom. The van der Waals surface area contributed by atoms with Crippen molar-refractivity contribution in [2.24, 2.45) is 5.10 Å². The molecule has 2 N–H and O–H groups in total. The SMILES string of the molecule is Cc1ccnc(NC(=O)C2=NNC(=O)CC2)c1. The van der Waals surface area contributed by atoms with Crippen molar-refractivity contribution in [1.29, 1.82) is 0 Å². The van der Waals surface area contributed by atoms with Crippen LogP contribution in [0, 0.1) is 6.92 Å². The molecular weight excluding hydrogens is 220 g/mol. The van der Waals surface area contributed by atoms with Gasteiger partial charge >= 0.3 is 0 Å². The zero-order chi connectivity index (χ0) is 12.3. The minimum atomic E-state index is -0.330. The van der Waals surface area contributed by atoms with Gasteiger partial charge < -0.3 is 5.32 Å². The number of carbonyl (C=O) groups is 2. The Labute approximate surface area is 98.1 Å². The normalized spacial score (nSPS) is 14.9. The number of rotatable bonds is 2. The average molecular weight is 232 g/mol. The zero-order valence-electron chi connectivity index (χ0n) is 9.36. The molecule has 0 bridgehead atoms.